The number of ketones is 1. The van der Waals surface area contributed by atoms with Crippen LogP contribution in [0.3, 0.4) is 0 Å². The molecule has 1 fully saturated rings. The van der Waals surface area contributed by atoms with E-state index in [2.05, 4.69) is 17.8 Å². The summed E-state index contributed by atoms with van der Waals surface area (Å²) >= 11 is 0. The minimum absolute atomic E-state index is 0.0477. The molecule has 0 aromatic rings. The first-order valence-corrected chi connectivity index (χ1v) is 4.25. The van der Waals surface area contributed by atoms with E-state index in [0.717, 1.165) is 12.8 Å². The second-order valence-corrected chi connectivity index (χ2v) is 3.17. The van der Waals surface area contributed by atoms with Crippen molar-refractivity contribution in [3.63, 3.8) is 0 Å². The van der Waals surface area contributed by atoms with Crippen LogP contribution >= 0.6 is 0 Å². The zero-order valence-corrected chi connectivity index (χ0v) is 7.18. The zero-order valence-electron chi connectivity index (χ0n) is 7.18. The molecule has 2 N–H and O–H groups in total. The zero-order chi connectivity index (χ0) is 8.27. The molecule has 0 aromatic heterocycles. The first-order valence-electron chi connectivity index (χ1n) is 4.25. The first kappa shape index (κ1) is 8.68. The van der Waals surface area contributed by atoms with Crippen molar-refractivity contribution in [2.45, 2.75) is 45.2 Å². The maximum atomic E-state index is 10.9. The molecule has 1 rings (SSSR count). The van der Waals surface area contributed by atoms with Crippen molar-refractivity contribution in [3.8, 4) is 0 Å². The van der Waals surface area contributed by atoms with Crippen LogP contribution in [0.15, 0.2) is 0 Å². The minimum atomic E-state index is 0.0477. The van der Waals surface area contributed by atoms with Crippen molar-refractivity contribution in [2.75, 3.05) is 0 Å². The minimum Gasteiger partial charge on any atom is -0.298 e. The lowest BCUT2D eigenvalue weighted by molar-refractivity contribution is -0.118. The van der Waals surface area contributed by atoms with E-state index >= 15 is 0 Å². The molecular formula is C8H16N2O. The average molecular weight is 156 g/mol. The van der Waals surface area contributed by atoms with Gasteiger partial charge in [0.1, 0.15) is 5.78 Å². The molecule has 2 atom stereocenters. The predicted octanol–water partition coefficient (Wildman–Crippen LogP) is 0.611. The molecule has 0 spiro atoms. The Hall–Kier alpha value is -0.410. The van der Waals surface area contributed by atoms with Crippen LogP contribution in [0.25, 0.3) is 0 Å². The monoisotopic (exact) mass is 156 g/mol. The van der Waals surface area contributed by atoms with Crippen molar-refractivity contribution in [3.05, 3.63) is 0 Å². The molecule has 0 radical (unpaired) electrons. The van der Waals surface area contributed by atoms with Crippen molar-refractivity contribution in [1.82, 2.24) is 10.9 Å². The van der Waals surface area contributed by atoms with E-state index in [-0.39, 0.29) is 11.8 Å². The van der Waals surface area contributed by atoms with Crippen LogP contribution < -0.4 is 10.9 Å². The summed E-state index contributed by atoms with van der Waals surface area (Å²) in [4.78, 5) is 10.9. The molecule has 64 valence electrons. The standard InChI is InChI=1S/C8H16N2O/c1-3-4-7-5-8(6(2)11)10-9-7/h7-10H,3-5H2,1-2H3. The van der Waals surface area contributed by atoms with E-state index in [0.29, 0.717) is 6.04 Å². The number of hydrogen-bond acceptors (Lipinski definition) is 3. The lowest BCUT2D eigenvalue weighted by Crippen LogP contribution is -2.36. The summed E-state index contributed by atoms with van der Waals surface area (Å²) < 4.78 is 0. The number of nitrogens with one attached hydrogen (secondary N) is 2. The average Bonchev–Trinajstić information content (AvgIpc) is 2.37. The molecule has 1 aliphatic rings. The Labute approximate surface area is 67.5 Å². The molecular weight excluding hydrogens is 140 g/mol. The van der Waals surface area contributed by atoms with Crippen LogP contribution in [0.2, 0.25) is 0 Å². The van der Waals surface area contributed by atoms with Gasteiger partial charge in [-0.15, -0.1) is 0 Å². The summed E-state index contributed by atoms with van der Waals surface area (Å²) in [6, 6.07) is 0.542. The highest BCUT2D eigenvalue weighted by Crippen LogP contribution is 2.10. The number of rotatable bonds is 3. The molecule has 0 aromatic carbocycles. The van der Waals surface area contributed by atoms with E-state index in [1.165, 1.54) is 6.42 Å². The molecule has 1 heterocycles. The fourth-order valence-corrected chi connectivity index (χ4v) is 1.43. The van der Waals surface area contributed by atoms with Gasteiger partial charge in [-0.05, 0) is 19.8 Å². The summed E-state index contributed by atoms with van der Waals surface area (Å²) in [6.45, 7) is 3.79. The molecule has 1 aliphatic heterocycles. The van der Waals surface area contributed by atoms with Gasteiger partial charge >= 0.3 is 0 Å². The second kappa shape index (κ2) is 3.83. The largest absolute Gasteiger partial charge is 0.298 e. The number of hydrogen-bond donors (Lipinski definition) is 2. The third kappa shape index (κ3) is 2.27. The van der Waals surface area contributed by atoms with Crippen molar-refractivity contribution >= 4 is 5.78 Å². The Balaban J connectivity index is 2.29. The lowest BCUT2D eigenvalue weighted by atomic mass is 10.0. The van der Waals surface area contributed by atoms with E-state index in [1.54, 1.807) is 6.92 Å². The van der Waals surface area contributed by atoms with Gasteiger partial charge in [-0.3, -0.25) is 10.2 Å². The van der Waals surface area contributed by atoms with Gasteiger partial charge in [0.25, 0.3) is 0 Å². The smallest absolute Gasteiger partial charge is 0.148 e. The van der Waals surface area contributed by atoms with Crippen molar-refractivity contribution in [2.24, 2.45) is 0 Å². The molecule has 11 heavy (non-hydrogen) atoms. The third-order valence-corrected chi connectivity index (χ3v) is 2.11. The predicted molar refractivity (Wildman–Crippen MR) is 44.1 cm³/mol. The fraction of sp³-hybridized carbons (Fsp3) is 0.875. The van der Waals surface area contributed by atoms with Gasteiger partial charge < -0.3 is 0 Å². The number of hydrazine groups is 1. The van der Waals surface area contributed by atoms with Crippen LogP contribution in [0.5, 0.6) is 0 Å². The van der Waals surface area contributed by atoms with Gasteiger partial charge in [-0.25, -0.2) is 5.43 Å². The van der Waals surface area contributed by atoms with Gasteiger partial charge in [-0.1, -0.05) is 13.3 Å². The van der Waals surface area contributed by atoms with Gasteiger partial charge in [0.15, 0.2) is 0 Å². The molecule has 0 saturated carbocycles. The number of carbonyl (C=O) groups is 1. The molecule has 0 bridgehead atoms. The Morgan fingerprint density at radius 1 is 1.55 bits per heavy atom. The highest BCUT2D eigenvalue weighted by atomic mass is 16.1. The SMILES string of the molecule is CCCC1CC(C(C)=O)NN1. The summed E-state index contributed by atoms with van der Waals surface area (Å²) in [5.74, 6) is 0.233. The van der Waals surface area contributed by atoms with E-state index in [4.69, 9.17) is 0 Å². The Morgan fingerprint density at radius 2 is 2.27 bits per heavy atom. The van der Waals surface area contributed by atoms with Gasteiger partial charge in [0, 0.05) is 6.04 Å². The molecule has 3 heteroatoms. The first-order chi connectivity index (χ1) is 5.24. The third-order valence-electron chi connectivity index (χ3n) is 2.11. The normalized spacial score (nSPS) is 30.7. The van der Waals surface area contributed by atoms with Gasteiger partial charge in [0.05, 0.1) is 6.04 Å². The number of carbonyl (C=O) groups excluding carboxylic acids is 1. The highest BCUT2D eigenvalue weighted by molar-refractivity contribution is 5.81. The summed E-state index contributed by atoms with van der Waals surface area (Å²) in [5, 5.41) is 0. The summed E-state index contributed by atoms with van der Waals surface area (Å²) in [6.07, 6.45) is 3.27. The Morgan fingerprint density at radius 3 is 2.73 bits per heavy atom. The summed E-state index contributed by atoms with van der Waals surface area (Å²) in [7, 11) is 0. The quantitative estimate of drug-likeness (QED) is 0.629. The maximum absolute atomic E-state index is 10.9. The molecule has 0 amide bonds. The summed E-state index contributed by atoms with van der Waals surface area (Å²) in [5.41, 5.74) is 6.11. The van der Waals surface area contributed by atoms with Crippen LogP contribution in [0.4, 0.5) is 0 Å². The molecule has 1 saturated heterocycles. The van der Waals surface area contributed by atoms with Gasteiger partial charge in [-0.2, -0.15) is 0 Å². The number of Topliss-reactive ketones (excluding diaryl/α,β-unsaturated/α-hetero) is 1. The fourth-order valence-electron chi connectivity index (χ4n) is 1.43. The molecule has 3 nitrogen and oxygen atoms in total. The topological polar surface area (TPSA) is 41.1 Å². The maximum Gasteiger partial charge on any atom is 0.148 e. The van der Waals surface area contributed by atoms with E-state index in [1.807, 2.05) is 0 Å². The molecule has 2 unspecified atom stereocenters. The van der Waals surface area contributed by atoms with E-state index < -0.39 is 0 Å². The second-order valence-electron chi connectivity index (χ2n) is 3.17. The Kier molecular flexibility index (Phi) is 3.02. The van der Waals surface area contributed by atoms with Crippen molar-refractivity contribution < 1.29 is 4.79 Å². The van der Waals surface area contributed by atoms with Crippen LogP contribution in [0, 0.1) is 0 Å². The lowest BCUT2D eigenvalue weighted by Gasteiger charge is -2.04. The van der Waals surface area contributed by atoms with Crippen LogP contribution in [0.1, 0.15) is 33.1 Å². The molecule has 0 aliphatic carbocycles. The van der Waals surface area contributed by atoms with Crippen molar-refractivity contribution in [1.29, 1.82) is 0 Å². The van der Waals surface area contributed by atoms with Crippen LogP contribution in [-0.2, 0) is 4.79 Å². The van der Waals surface area contributed by atoms with E-state index in [9.17, 15) is 4.79 Å². The Bertz CT molecular complexity index is 147. The highest BCUT2D eigenvalue weighted by Gasteiger charge is 2.25. The van der Waals surface area contributed by atoms with Gasteiger partial charge in [0.2, 0.25) is 0 Å². The van der Waals surface area contributed by atoms with Crippen LogP contribution in [-0.4, -0.2) is 17.9 Å².